The summed E-state index contributed by atoms with van der Waals surface area (Å²) in [6, 6.07) is 20.9. The van der Waals surface area contributed by atoms with Gasteiger partial charge in [-0.2, -0.15) is 0 Å². The quantitative estimate of drug-likeness (QED) is 0.0320. The first-order valence-electron chi connectivity index (χ1n) is 59.1. The smallest absolute Gasteiger partial charge is 0.136 e. The highest BCUT2D eigenvalue weighted by Crippen LogP contribution is 2.35. The number of benzene rings is 4. The normalized spacial score (nSPS) is 11.1. The summed E-state index contributed by atoms with van der Waals surface area (Å²) in [5.41, 5.74) is 4.64. The standard InChI is InChI=1S/C128H210O8/c1-9-17-25-33-41-49-57-65-73-83-101-129-121-97-99-123(131-103-85-75-67-59-51-43-35-27-19-11-3)117(109-121)93-95-119-113-125(133-105-87-77-69-61-53-45-37-29-21-13-5)115(111-127(119)135-107-89-79-71-63-55-47-39-31-23-15-7)91-81-82-92-116-112-128(136-108-90-80-72-64-56-48-40-32-24-16-8)120(114-126(116)134-106-88-78-70-62-54-46-38-30-22-14-6)96-94-118-110-122(130-102-84-74-66-58-50-42-34-26-18-10-2)98-100-124(118)132-104-86-76-68-60-52-44-36-28-20-12-4/h97-100,109-114H,9-80,83-90,101-108H2,1-8H3. The fourth-order valence-corrected chi connectivity index (χ4v) is 18.3. The van der Waals surface area contributed by atoms with E-state index in [4.69, 9.17) is 37.9 Å². The predicted octanol–water partition coefficient (Wildman–Crippen LogP) is 40.3. The van der Waals surface area contributed by atoms with E-state index in [0.29, 0.717) is 75.9 Å². The van der Waals surface area contributed by atoms with Crippen molar-refractivity contribution in [3.05, 3.63) is 94.0 Å². The molecule has 0 saturated carbocycles. The van der Waals surface area contributed by atoms with Crippen LogP contribution in [0.15, 0.2) is 60.7 Å². The monoisotopic (exact) mass is 1880 g/mol. The lowest BCUT2D eigenvalue weighted by molar-refractivity contribution is 0.295. The van der Waals surface area contributed by atoms with Crippen LogP contribution in [0.5, 0.6) is 46.0 Å². The number of rotatable bonds is 96. The van der Waals surface area contributed by atoms with E-state index in [1.165, 1.54) is 424 Å². The predicted molar refractivity (Wildman–Crippen MR) is 590 cm³/mol. The molecule has 0 spiro atoms. The molecule has 0 aliphatic heterocycles. The van der Waals surface area contributed by atoms with Gasteiger partial charge in [0, 0.05) is 24.3 Å². The fraction of sp³-hybridized carbons (Fsp3) is 0.750. The molecule has 4 aromatic rings. The van der Waals surface area contributed by atoms with Gasteiger partial charge in [0.05, 0.1) is 86.2 Å². The molecule has 0 heterocycles. The van der Waals surface area contributed by atoms with Crippen molar-refractivity contribution in [2.75, 3.05) is 52.9 Å². The van der Waals surface area contributed by atoms with Crippen LogP contribution in [-0.2, 0) is 0 Å². The van der Waals surface area contributed by atoms with E-state index in [9.17, 15) is 0 Å². The first-order valence-corrected chi connectivity index (χ1v) is 59.1. The van der Waals surface area contributed by atoms with Crippen LogP contribution < -0.4 is 37.9 Å². The van der Waals surface area contributed by atoms with Crippen molar-refractivity contribution in [1.82, 2.24) is 0 Å². The molecule has 0 aromatic heterocycles. The molecule has 136 heavy (non-hydrogen) atoms. The Hall–Kier alpha value is -6.48. The second kappa shape index (κ2) is 93.5. The molecule has 0 aliphatic carbocycles. The van der Waals surface area contributed by atoms with E-state index in [1.807, 2.05) is 0 Å². The molecule has 770 valence electrons. The van der Waals surface area contributed by atoms with E-state index >= 15 is 0 Å². The van der Waals surface area contributed by atoms with Gasteiger partial charge in [-0.1, -0.05) is 541 Å². The maximum absolute atomic E-state index is 6.99. The zero-order chi connectivity index (χ0) is 96.7. The van der Waals surface area contributed by atoms with Gasteiger partial charge in [-0.15, -0.1) is 0 Å². The third kappa shape index (κ3) is 68.6. The summed E-state index contributed by atoms with van der Waals surface area (Å²) in [5.74, 6) is 34.7. The molecule has 0 atom stereocenters. The van der Waals surface area contributed by atoms with Crippen molar-refractivity contribution in [2.45, 2.75) is 569 Å². The molecule has 0 N–H and O–H groups in total. The Labute approximate surface area is 841 Å². The lowest BCUT2D eigenvalue weighted by Crippen LogP contribution is -2.04. The maximum atomic E-state index is 6.99. The summed E-state index contributed by atoms with van der Waals surface area (Å²) >= 11 is 0. The molecule has 0 saturated heterocycles. The second-order valence-electron chi connectivity index (χ2n) is 40.2. The first-order chi connectivity index (χ1) is 67.4. The third-order valence-electron chi connectivity index (χ3n) is 27.3. The van der Waals surface area contributed by atoms with Gasteiger partial charge >= 0.3 is 0 Å². The highest BCUT2D eigenvalue weighted by molar-refractivity contribution is 5.64. The van der Waals surface area contributed by atoms with Gasteiger partial charge in [0.1, 0.15) is 46.0 Å². The van der Waals surface area contributed by atoms with Crippen LogP contribution in [-0.4, -0.2) is 52.9 Å². The fourth-order valence-electron chi connectivity index (χ4n) is 18.3. The maximum Gasteiger partial charge on any atom is 0.136 e. The number of ether oxygens (including phenoxy) is 8. The number of hydrogen-bond donors (Lipinski definition) is 0. The van der Waals surface area contributed by atoms with E-state index in [-0.39, 0.29) is 0 Å². The van der Waals surface area contributed by atoms with E-state index < -0.39 is 0 Å². The van der Waals surface area contributed by atoms with E-state index in [0.717, 1.165) is 146 Å². The first kappa shape index (κ1) is 122. The van der Waals surface area contributed by atoms with Crippen molar-refractivity contribution >= 4 is 0 Å². The highest BCUT2D eigenvalue weighted by Gasteiger charge is 2.17. The van der Waals surface area contributed by atoms with Gasteiger partial charge in [-0.05, 0) is 111 Å². The molecule has 0 unspecified atom stereocenters. The summed E-state index contributed by atoms with van der Waals surface area (Å²) < 4.78 is 54.6. The summed E-state index contributed by atoms with van der Waals surface area (Å²) in [7, 11) is 0. The molecule has 0 aliphatic rings. The molecule has 0 radical (unpaired) electrons. The molecule has 0 fully saturated rings. The lowest BCUT2D eigenvalue weighted by Gasteiger charge is -2.14. The Balaban J connectivity index is 1.92. The van der Waals surface area contributed by atoms with Gasteiger partial charge < -0.3 is 37.9 Å². The third-order valence-corrected chi connectivity index (χ3v) is 27.3. The molecule has 4 aromatic carbocycles. The van der Waals surface area contributed by atoms with Gasteiger partial charge in [0.25, 0.3) is 0 Å². The Morgan fingerprint density at radius 3 is 0.434 bits per heavy atom. The van der Waals surface area contributed by atoms with E-state index in [2.05, 4.69) is 163 Å². The van der Waals surface area contributed by atoms with Gasteiger partial charge in [0.15, 0.2) is 0 Å². The number of hydrogen-bond acceptors (Lipinski definition) is 8. The zero-order valence-electron chi connectivity index (χ0n) is 90.3. The van der Waals surface area contributed by atoms with Gasteiger partial charge in [-0.25, -0.2) is 0 Å². The Kier molecular flexibility index (Phi) is 83.7. The second-order valence-corrected chi connectivity index (χ2v) is 40.2. The van der Waals surface area contributed by atoms with Crippen molar-refractivity contribution in [3.8, 4) is 93.4 Å². The molecule has 8 heteroatoms. The van der Waals surface area contributed by atoms with Crippen LogP contribution in [0.1, 0.15) is 602 Å². The average molecular weight is 1880 g/mol. The average Bonchev–Trinajstić information content (AvgIpc) is 0.817. The summed E-state index contributed by atoms with van der Waals surface area (Å²) in [4.78, 5) is 0. The van der Waals surface area contributed by atoms with Gasteiger partial charge in [0.2, 0.25) is 0 Å². The summed E-state index contributed by atoms with van der Waals surface area (Å²) in [5, 5.41) is 0. The number of unbranched alkanes of at least 4 members (excludes halogenated alkanes) is 72. The molecular formula is C128H210O8. The van der Waals surface area contributed by atoms with E-state index in [1.54, 1.807) is 0 Å². The van der Waals surface area contributed by atoms with Gasteiger partial charge in [-0.3, -0.25) is 0 Å². The van der Waals surface area contributed by atoms with Crippen molar-refractivity contribution in [3.63, 3.8) is 0 Å². The summed E-state index contributed by atoms with van der Waals surface area (Å²) in [6.07, 6.45) is 101. The molecular weight excluding hydrogens is 1670 g/mol. The van der Waals surface area contributed by atoms with Crippen molar-refractivity contribution in [1.29, 1.82) is 0 Å². The van der Waals surface area contributed by atoms with Crippen LogP contribution in [0.4, 0.5) is 0 Å². The highest BCUT2D eigenvalue weighted by atomic mass is 16.5. The Morgan fingerprint density at radius 1 is 0.132 bits per heavy atom. The lowest BCUT2D eigenvalue weighted by atomic mass is 10.1. The van der Waals surface area contributed by atoms with Crippen molar-refractivity contribution in [2.24, 2.45) is 0 Å². The van der Waals surface area contributed by atoms with Crippen LogP contribution in [0.3, 0.4) is 0 Å². The Bertz CT molecular complexity index is 3410. The molecule has 0 amide bonds. The van der Waals surface area contributed by atoms with Crippen molar-refractivity contribution < 1.29 is 37.9 Å². The minimum atomic E-state index is 0.571. The topological polar surface area (TPSA) is 73.8 Å². The van der Waals surface area contributed by atoms with Crippen LogP contribution in [0, 0.1) is 47.4 Å². The summed E-state index contributed by atoms with van der Waals surface area (Å²) in [6.45, 7) is 23.4. The largest absolute Gasteiger partial charge is 0.494 e. The molecule has 4 rings (SSSR count). The minimum Gasteiger partial charge on any atom is -0.494 e. The SMILES string of the molecule is CCCCCCCCCCCCOc1ccc(OCCCCCCCCCCCC)c(C#Cc2cc(OCCCCCCCCCCCC)c(C#CC#Cc3cc(OCCCCCCCCCCCC)c(C#Cc4cc(OCCCCCCCCCCCC)ccc4OCCCCCCCCCCCC)cc3OCCCCCCCCCCCC)cc2OCCCCCCCCCCCC)c1. The van der Waals surface area contributed by atoms with Crippen LogP contribution in [0.25, 0.3) is 0 Å². The van der Waals surface area contributed by atoms with Crippen LogP contribution >= 0.6 is 0 Å². The molecule has 8 nitrogen and oxygen atoms in total. The Morgan fingerprint density at radius 2 is 0.265 bits per heavy atom. The zero-order valence-corrected chi connectivity index (χ0v) is 90.3. The minimum absolute atomic E-state index is 0.571. The van der Waals surface area contributed by atoms with Crippen LogP contribution in [0.2, 0.25) is 0 Å². The molecule has 0 bridgehead atoms.